The Labute approximate surface area is 169 Å². The molecule has 6 heteroatoms. The number of rotatable bonds is 12. The SMILES string of the molecule is CCCCCCCCCC(CC)(Oc1ccccc1)S(=O)(=O)[O-].[Na+]. The van der Waals surface area contributed by atoms with Crippen molar-refractivity contribution in [1.82, 2.24) is 0 Å². The molecule has 1 rings (SSSR count). The molecule has 0 saturated heterocycles. The van der Waals surface area contributed by atoms with Crippen LogP contribution in [0.5, 0.6) is 5.75 Å². The minimum atomic E-state index is -4.55. The molecule has 1 atom stereocenters. The van der Waals surface area contributed by atoms with Gasteiger partial charge in [-0.3, -0.25) is 0 Å². The maximum atomic E-state index is 11.8. The van der Waals surface area contributed by atoms with Gasteiger partial charge in [0.05, 0.1) is 0 Å². The van der Waals surface area contributed by atoms with Gasteiger partial charge in [0, 0.05) is 6.42 Å². The third-order valence-electron chi connectivity index (χ3n) is 4.20. The van der Waals surface area contributed by atoms with Gasteiger partial charge in [0.2, 0.25) is 0 Å². The van der Waals surface area contributed by atoms with Crippen LogP contribution in [0.3, 0.4) is 0 Å². The van der Waals surface area contributed by atoms with Crippen LogP contribution in [-0.4, -0.2) is 17.9 Å². The summed E-state index contributed by atoms with van der Waals surface area (Å²) in [7, 11) is -4.55. The summed E-state index contributed by atoms with van der Waals surface area (Å²) in [5.41, 5.74) is 0. The molecule has 0 saturated carbocycles. The van der Waals surface area contributed by atoms with E-state index in [9.17, 15) is 13.0 Å². The van der Waals surface area contributed by atoms with E-state index in [-0.39, 0.29) is 42.4 Å². The predicted molar refractivity (Wildman–Crippen MR) is 92.4 cm³/mol. The van der Waals surface area contributed by atoms with E-state index in [1.54, 1.807) is 31.2 Å². The van der Waals surface area contributed by atoms with E-state index in [1.807, 2.05) is 6.07 Å². The molecule has 4 nitrogen and oxygen atoms in total. The van der Waals surface area contributed by atoms with E-state index < -0.39 is 15.1 Å². The summed E-state index contributed by atoms with van der Waals surface area (Å²) in [4.78, 5) is -1.65. The maximum absolute atomic E-state index is 11.8. The standard InChI is InChI=1S/C18H30O4S.Na/c1-3-5-6-7-8-9-13-16-18(4-2,23(19,20)21)22-17-14-11-10-12-15-17;/h10-12,14-15H,3-9,13,16H2,1-2H3,(H,19,20,21);/q;+1/p-1. The fourth-order valence-corrected chi connectivity index (χ4v) is 3.65. The number of hydrogen-bond acceptors (Lipinski definition) is 4. The van der Waals surface area contributed by atoms with E-state index in [1.165, 1.54) is 19.3 Å². The van der Waals surface area contributed by atoms with Crippen LogP contribution >= 0.6 is 0 Å². The van der Waals surface area contributed by atoms with Crippen molar-refractivity contribution in [3.8, 4) is 5.75 Å². The zero-order valence-corrected chi connectivity index (χ0v) is 18.1. The van der Waals surface area contributed by atoms with Gasteiger partial charge in [-0.05, 0) is 25.0 Å². The second-order valence-corrected chi connectivity index (χ2v) is 7.66. The Balaban J connectivity index is 0.00000529. The minimum absolute atomic E-state index is 0. The van der Waals surface area contributed by atoms with Crippen molar-refractivity contribution < 1.29 is 47.3 Å². The van der Waals surface area contributed by atoms with Crippen LogP contribution in [0.25, 0.3) is 0 Å². The van der Waals surface area contributed by atoms with Crippen molar-refractivity contribution in [3.05, 3.63) is 30.3 Å². The van der Waals surface area contributed by atoms with E-state index in [0.29, 0.717) is 12.2 Å². The molecule has 24 heavy (non-hydrogen) atoms. The van der Waals surface area contributed by atoms with Crippen LogP contribution in [0.1, 0.15) is 71.6 Å². The summed E-state index contributed by atoms with van der Waals surface area (Å²) in [6.07, 6.45) is 7.93. The minimum Gasteiger partial charge on any atom is -0.745 e. The van der Waals surface area contributed by atoms with Crippen molar-refractivity contribution in [2.75, 3.05) is 0 Å². The Kier molecular flexibility index (Phi) is 12.3. The van der Waals surface area contributed by atoms with Gasteiger partial charge in [0.15, 0.2) is 4.93 Å². The Bertz CT molecular complexity index is 533. The molecule has 1 unspecified atom stereocenters. The summed E-state index contributed by atoms with van der Waals surface area (Å²) in [5.74, 6) is 0.428. The van der Waals surface area contributed by atoms with Crippen LogP contribution < -0.4 is 34.3 Å². The first-order chi connectivity index (χ1) is 10.9. The quantitative estimate of drug-likeness (QED) is 0.323. The van der Waals surface area contributed by atoms with Crippen LogP contribution in [0.15, 0.2) is 30.3 Å². The summed E-state index contributed by atoms with van der Waals surface area (Å²) >= 11 is 0. The maximum Gasteiger partial charge on any atom is 1.00 e. The van der Waals surface area contributed by atoms with Crippen LogP contribution in [-0.2, 0) is 10.1 Å². The zero-order chi connectivity index (χ0) is 17.2. The normalized spacial score (nSPS) is 13.8. The molecule has 1 aromatic rings. The molecular formula is C18H29NaO4S. The fourth-order valence-electron chi connectivity index (χ4n) is 2.71. The van der Waals surface area contributed by atoms with E-state index >= 15 is 0 Å². The average molecular weight is 364 g/mol. The van der Waals surface area contributed by atoms with Crippen LogP contribution in [0, 0.1) is 0 Å². The molecule has 0 N–H and O–H groups in total. The van der Waals surface area contributed by atoms with E-state index in [0.717, 1.165) is 19.3 Å². The Morgan fingerprint density at radius 3 is 2.00 bits per heavy atom. The largest absolute Gasteiger partial charge is 1.00 e. The molecule has 0 spiro atoms. The molecule has 0 fully saturated rings. The molecule has 0 aliphatic heterocycles. The van der Waals surface area contributed by atoms with E-state index in [2.05, 4.69) is 6.92 Å². The molecule has 0 radical (unpaired) electrons. The monoisotopic (exact) mass is 364 g/mol. The summed E-state index contributed by atoms with van der Waals surface area (Å²) in [6.45, 7) is 3.87. The molecule has 0 bridgehead atoms. The van der Waals surface area contributed by atoms with E-state index in [4.69, 9.17) is 4.74 Å². The first-order valence-corrected chi connectivity index (χ1v) is 10.1. The molecular weight excluding hydrogens is 335 g/mol. The first-order valence-electron chi connectivity index (χ1n) is 8.64. The molecule has 0 heterocycles. The number of benzene rings is 1. The Morgan fingerprint density at radius 2 is 1.50 bits per heavy atom. The van der Waals surface area contributed by atoms with Gasteiger partial charge in [0.1, 0.15) is 15.9 Å². The second kappa shape index (κ2) is 12.3. The first kappa shape index (κ1) is 23.9. The third-order valence-corrected chi connectivity index (χ3v) is 5.69. The van der Waals surface area contributed by atoms with Gasteiger partial charge in [-0.2, -0.15) is 0 Å². The van der Waals surface area contributed by atoms with Crippen molar-refractivity contribution in [2.45, 2.75) is 76.6 Å². The molecule has 0 aliphatic rings. The molecule has 1 aromatic carbocycles. The number of ether oxygens (including phenoxy) is 1. The summed E-state index contributed by atoms with van der Waals surface area (Å²) in [5, 5.41) is 0. The van der Waals surface area contributed by atoms with Crippen LogP contribution in [0.4, 0.5) is 0 Å². The summed E-state index contributed by atoms with van der Waals surface area (Å²) < 4.78 is 41.1. The molecule has 0 aromatic heterocycles. The second-order valence-electron chi connectivity index (χ2n) is 6.00. The average Bonchev–Trinajstić information content (AvgIpc) is 2.52. The smallest absolute Gasteiger partial charge is 0.745 e. The zero-order valence-electron chi connectivity index (χ0n) is 15.3. The number of hydrogen-bond donors (Lipinski definition) is 0. The van der Waals surface area contributed by atoms with Crippen molar-refractivity contribution in [3.63, 3.8) is 0 Å². The van der Waals surface area contributed by atoms with Gasteiger partial charge in [-0.15, -0.1) is 0 Å². The molecule has 0 aliphatic carbocycles. The topological polar surface area (TPSA) is 66.4 Å². The number of unbranched alkanes of at least 4 members (excludes halogenated alkanes) is 6. The van der Waals surface area contributed by atoms with Gasteiger partial charge in [-0.1, -0.05) is 70.6 Å². The predicted octanol–water partition coefficient (Wildman–Crippen LogP) is 1.86. The Hall–Kier alpha value is -0.0700. The van der Waals surface area contributed by atoms with Gasteiger partial charge >= 0.3 is 29.6 Å². The van der Waals surface area contributed by atoms with Gasteiger partial charge in [0.25, 0.3) is 0 Å². The summed E-state index contributed by atoms with van der Waals surface area (Å²) in [6, 6.07) is 8.71. The van der Waals surface area contributed by atoms with Gasteiger partial charge in [-0.25, -0.2) is 8.42 Å². The van der Waals surface area contributed by atoms with Crippen LogP contribution in [0.2, 0.25) is 0 Å². The van der Waals surface area contributed by atoms with Gasteiger partial charge < -0.3 is 9.29 Å². The molecule has 132 valence electrons. The van der Waals surface area contributed by atoms with Crippen molar-refractivity contribution in [1.29, 1.82) is 0 Å². The van der Waals surface area contributed by atoms with Crippen molar-refractivity contribution >= 4 is 10.1 Å². The number of para-hydroxylation sites is 1. The Morgan fingerprint density at radius 1 is 0.958 bits per heavy atom. The fraction of sp³-hybridized carbons (Fsp3) is 0.667. The van der Waals surface area contributed by atoms with Crippen molar-refractivity contribution in [2.24, 2.45) is 0 Å². The molecule has 0 amide bonds. The third kappa shape index (κ3) is 7.87.